The SMILES string of the molecule is Cc1nn(-c2ccc(F)cc2)cc1-c1ccnc(N2CCN(Cc3ccc4c(c3)OCO4)CC2)n1. The fourth-order valence-corrected chi connectivity index (χ4v) is 4.49. The molecule has 35 heavy (non-hydrogen) atoms. The van der Waals surface area contributed by atoms with Crippen LogP contribution < -0.4 is 14.4 Å². The molecule has 0 saturated carbocycles. The van der Waals surface area contributed by atoms with Gasteiger partial charge in [-0.2, -0.15) is 5.10 Å². The van der Waals surface area contributed by atoms with Crippen LogP contribution in [0.25, 0.3) is 16.9 Å². The number of ether oxygens (including phenoxy) is 2. The number of fused-ring (bicyclic) bond motifs is 1. The summed E-state index contributed by atoms with van der Waals surface area (Å²) in [4.78, 5) is 14.0. The van der Waals surface area contributed by atoms with Gasteiger partial charge in [0.25, 0.3) is 0 Å². The fraction of sp³-hybridized carbons (Fsp3) is 0.269. The van der Waals surface area contributed by atoms with Crippen molar-refractivity contribution in [2.24, 2.45) is 0 Å². The Morgan fingerprint density at radius 2 is 1.74 bits per heavy atom. The topological polar surface area (TPSA) is 68.5 Å². The van der Waals surface area contributed by atoms with Crippen LogP contribution in [0.1, 0.15) is 11.3 Å². The van der Waals surface area contributed by atoms with Crippen LogP contribution in [0.2, 0.25) is 0 Å². The Bertz CT molecular complexity index is 1350. The molecule has 2 aromatic carbocycles. The van der Waals surface area contributed by atoms with Gasteiger partial charge in [0, 0.05) is 50.7 Å². The van der Waals surface area contributed by atoms with Crippen LogP contribution in [0.5, 0.6) is 11.5 Å². The van der Waals surface area contributed by atoms with Gasteiger partial charge < -0.3 is 14.4 Å². The lowest BCUT2D eigenvalue weighted by molar-refractivity contribution is 0.174. The molecule has 2 aliphatic heterocycles. The average Bonchev–Trinajstić information content (AvgIpc) is 3.51. The Balaban J connectivity index is 1.13. The lowest BCUT2D eigenvalue weighted by Crippen LogP contribution is -2.46. The third kappa shape index (κ3) is 4.42. The zero-order valence-corrected chi connectivity index (χ0v) is 19.4. The summed E-state index contributed by atoms with van der Waals surface area (Å²) < 4.78 is 26.0. The summed E-state index contributed by atoms with van der Waals surface area (Å²) in [6.07, 6.45) is 3.73. The first-order chi connectivity index (χ1) is 17.1. The highest BCUT2D eigenvalue weighted by Crippen LogP contribution is 2.33. The molecule has 8 nitrogen and oxygen atoms in total. The van der Waals surface area contributed by atoms with Crippen molar-refractivity contribution in [1.29, 1.82) is 0 Å². The Morgan fingerprint density at radius 1 is 0.943 bits per heavy atom. The van der Waals surface area contributed by atoms with Crippen molar-refractivity contribution >= 4 is 5.95 Å². The van der Waals surface area contributed by atoms with E-state index in [1.807, 2.05) is 25.3 Å². The van der Waals surface area contributed by atoms with E-state index in [9.17, 15) is 4.39 Å². The maximum absolute atomic E-state index is 13.3. The van der Waals surface area contributed by atoms with Gasteiger partial charge in [-0.1, -0.05) is 6.07 Å². The van der Waals surface area contributed by atoms with E-state index < -0.39 is 0 Å². The number of aromatic nitrogens is 4. The van der Waals surface area contributed by atoms with E-state index in [1.165, 1.54) is 17.7 Å². The molecule has 1 fully saturated rings. The highest BCUT2D eigenvalue weighted by atomic mass is 19.1. The van der Waals surface area contributed by atoms with E-state index in [0.717, 1.165) is 72.8 Å². The van der Waals surface area contributed by atoms with Gasteiger partial charge in [0.05, 0.1) is 17.1 Å². The summed E-state index contributed by atoms with van der Waals surface area (Å²) in [6.45, 7) is 6.65. The van der Waals surface area contributed by atoms with Gasteiger partial charge in [0.1, 0.15) is 5.82 Å². The number of benzene rings is 2. The first kappa shape index (κ1) is 21.5. The normalized spacial score (nSPS) is 15.5. The molecule has 0 aliphatic carbocycles. The van der Waals surface area contributed by atoms with E-state index in [4.69, 9.17) is 14.5 Å². The molecule has 6 rings (SSSR count). The van der Waals surface area contributed by atoms with Gasteiger partial charge in [-0.25, -0.2) is 19.0 Å². The Morgan fingerprint density at radius 3 is 2.57 bits per heavy atom. The highest BCUT2D eigenvalue weighted by Gasteiger charge is 2.21. The maximum atomic E-state index is 13.3. The fourth-order valence-electron chi connectivity index (χ4n) is 4.49. The van der Waals surface area contributed by atoms with Crippen LogP contribution in [0.3, 0.4) is 0 Å². The van der Waals surface area contributed by atoms with Gasteiger partial charge in [-0.15, -0.1) is 0 Å². The van der Waals surface area contributed by atoms with Gasteiger partial charge in [-0.3, -0.25) is 4.90 Å². The molecular formula is C26H25FN6O2. The Labute approximate surface area is 202 Å². The molecule has 4 heterocycles. The number of rotatable bonds is 5. The minimum Gasteiger partial charge on any atom is -0.454 e. The number of aryl methyl sites for hydroxylation is 1. The van der Waals surface area contributed by atoms with Crippen molar-refractivity contribution in [1.82, 2.24) is 24.6 Å². The molecular weight excluding hydrogens is 447 g/mol. The molecule has 2 aliphatic rings. The number of anilines is 1. The van der Waals surface area contributed by atoms with E-state index in [1.54, 1.807) is 23.0 Å². The molecule has 178 valence electrons. The summed E-state index contributed by atoms with van der Waals surface area (Å²) >= 11 is 0. The van der Waals surface area contributed by atoms with Crippen LogP contribution in [-0.2, 0) is 6.54 Å². The predicted octanol–water partition coefficient (Wildman–Crippen LogP) is 3.83. The molecule has 0 spiro atoms. The maximum Gasteiger partial charge on any atom is 0.231 e. The summed E-state index contributed by atoms with van der Waals surface area (Å²) in [6, 6.07) is 14.3. The van der Waals surface area contributed by atoms with Crippen molar-refractivity contribution in [3.63, 3.8) is 0 Å². The van der Waals surface area contributed by atoms with Crippen LogP contribution in [-0.4, -0.2) is 57.6 Å². The van der Waals surface area contributed by atoms with E-state index in [0.29, 0.717) is 6.79 Å². The van der Waals surface area contributed by atoms with Crippen LogP contribution in [0.4, 0.5) is 10.3 Å². The summed E-state index contributed by atoms with van der Waals surface area (Å²) in [7, 11) is 0. The van der Waals surface area contributed by atoms with Crippen LogP contribution in [0.15, 0.2) is 60.9 Å². The third-order valence-corrected chi connectivity index (χ3v) is 6.41. The summed E-state index contributed by atoms with van der Waals surface area (Å²) in [5, 5.41) is 4.60. The zero-order chi connectivity index (χ0) is 23.8. The summed E-state index contributed by atoms with van der Waals surface area (Å²) in [5.41, 5.74) is 4.62. The lowest BCUT2D eigenvalue weighted by Gasteiger charge is -2.34. The molecule has 1 saturated heterocycles. The minimum atomic E-state index is -0.269. The molecule has 0 unspecified atom stereocenters. The van der Waals surface area contributed by atoms with E-state index >= 15 is 0 Å². The summed E-state index contributed by atoms with van der Waals surface area (Å²) in [5.74, 6) is 2.09. The standard InChI is InChI=1S/C26H25FN6O2/c1-18-22(16-33(30-18)21-5-3-20(27)4-6-21)23-8-9-28-26(29-23)32-12-10-31(11-13-32)15-19-2-7-24-25(14-19)35-17-34-24/h2-9,14,16H,10-13,15,17H2,1H3. The lowest BCUT2D eigenvalue weighted by atomic mass is 10.1. The monoisotopic (exact) mass is 472 g/mol. The zero-order valence-electron chi connectivity index (χ0n) is 19.4. The smallest absolute Gasteiger partial charge is 0.231 e. The van der Waals surface area contributed by atoms with Crippen molar-refractivity contribution < 1.29 is 13.9 Å². The predicted molar refractivity (Wildman–Crippen MR) is 129 cm³/mol. The van der Waals surface area contributed by atoms with Crippen molar-refractivity contribution in [2.45, 2.75) is 13.5 Å². The van der Waals surface area contributed by atoms with Crippen LogP contribution in [0, 0.1) is 12.7 Å². The molecule has 0 amide bonds. The molecule has 0 radical (unpaired) electrons. The largest absolute Gasteiger partial charge is 0.454 e. The first-order valence-corrected chi connectivity index (χ1v) is 11.6. The molecule has 2 aromatic heterocycles. The van der Waals surface area contributed by atoms with E-state index in [2.05, 4.69) is 32.0 Å². The second-order valence-electron chi connectivity index (χ2n) is 8.74. The Kier molecular flexibility index (Phi) is 5.54. The second kappa shape index (κ2) is 8.99. The second-order valence-corrected chi connectivity index (χ2v) is 8.74. The van der Waals surface area contributed by atoms with Gasteiger partial charge >= 0.3 is 0 Å². The van der Waals surface area contributed by atoms with Crippen LogP contribution >= 0.6 is 0 Å². The number of nitrogens with zero attached hydrogens (tertiary/aromatic N) is 6. The first-order valence-electron chi connectivity index (χ1n) is 11.6. The quantitative estimate of drug-likeness (QED) is 0.437. The number of hydrogen-bond acceptors (Lipinski definition) is 7. The average molecular weight is 473 g/mol. The molecule has 0 atom stereocenters. The number of hydrogen-bond donors (Lipinski definition) is 0. The van der Waals surface area contributed by atoms with E-state index in [-0.39, 0.29) is 5.82 Å². The molecule has 0 N–H and O–H groups in total. The van der Waals surface area contributed by atoms with Crippen molar-refractivity contribution in [2.75, 3.05) is 37.9 Å². The Hall–Kier alpha value is -3.98. The molecule has 9 heteroatoms. The molecule has 4 aromatic rings. The minimum absolute atomic E-state index is 0.269. The number of halogens is 1. The third-order valence-electron chi connectivity index (χ3n) is 6.41. The van der Waals surface area contributed by atoms with Gasteiger partial charge in [-0.05, 0) is 55.0 Å². The molecule has 0 bridgehead atoms. The van der Waals surface area contributed by atoms with Gasteiger partial charge in [0.2, 0.25) is 12.7 Å². The van der Waals surface area contributed by atoms with Crippen molar-refractivity contribution in [3.8, 4) is 28.4 Å². The van der Waals surface area contributed by atoms with Crippen molar-refractivity contribution in [3.05, 3.63) is 78.0 Å². The number of piperazine rings is 1. The highest BCUT2D eigenvalue weighted by molar-refractivity contribution is 5.62. The van der Waals surface area contributed by atoms with Gasteiger partial charge in [0.15, 0.2) is 11.5 Å².